The molecule has 0 aliphatic carbocycles. The minimum absolute atomic E-state index is 0.201. The minimum atomic E-state index is -0.444. The molecule has 0 atom stereocenters. The number of carbonyl (C=O) groups is 1. The molecule has 0 bridgehead atoms. The maximum atomic E-state index is 11.7. The van der Waals surface area contributed by atoms with Gasteiger partial charge < -0.3 is 10.5 Å². The van der Waals surface area contributed by atoms with E-state index in [9.17, 15) is 4.79 Å². The highest BCUT2D eigenvalue weighted by Gasteiger charge is 2.09. The number of esters is 1. The van der Waals surface area contributed by atoms with Crippen molar-refractivity contribution in [2.75, 3.05) is 5.73 Å². The van der Waals surface area contributed by atoms with Crippen molar-refractivity contribution in [1.29, 1.82) is 0 Å². The molecule has 2 rings (SSSR count). The molecule has 0 aliphatic rings. The van der Waals surface area contributed by atoms with Gasteiger partial charge in [0.2, 0.25) is 0 Å². The van der Waals surface area contributed by atoms with Crippen LogP contribution in [0.25, 0.3) is 0 Å². The zero-order chi connectivity index (χ0) is 11.4. The molecule has 0 saturated carbocycles. The summed E-state index contributed by atoms with van der Waals surface area (Å²) < 4.78 is 5.10. The van der Waals surface area contributed by atoms with E-state index < -0.39 is 5.97 Å². The van der Waals surface area contributed by atoms with Crippen molar-refractivity contribution in [3.05, 3.63) is 54.2 Å². The van der Waals surface area contributed by atoms with E-state index in [0.717, 1.165) is 0 Å². The number of aromatic nitrogens is 1. The van der Waals surface area contributed by atoms with Crippen LogP contribution in [0, 0.1) is 0 Å². The normalized spacial score (nSPS) is 9.75. The molecule has 0 spiro atoms. The SMILES string of the molecule is Nc1ncccc1OC(=O)c1ccccc1. The van der Waals surface area contributed by atoms with Gasteiger partial charge in [0.25, 0.3) is 0 Å². The molecule has 1 heterocycles. The first-order valence-electron chi connectivity index (χ1n) is 4.75. The molecule has 2 aromatic rings. The highest BCUT2D eigenvalue weighted by molar-refractivity contribution is 5.91. The van der Waals surface area contributed by atoms with E-state index in [1.165, 1.54) is 6.20 Å². The summed E-state index contributed by atoms with van der Waals surface area (Å²) in [7, 11) is 0. The number of benzene rings is 1. The van der Waals surface area contributed by atoms with Gasteiger partial charge in [-0.1, -0.05) is 18.2 Å². The number of nitrogens with zero attached hydrogens (tertiary/aromatic N) is 1. The summed E-state index contributed by atoms with van der Waals surface area (Å²) in [5.74, 6) is 0.0310. The average Bonchev–Trinajstić information content (AvgIpc) is 2.33. The highest BCUT2D eigenvalue weighted by Crippen LogP contribution is 2.18. The molecule has 0 radical (unpaired) electrons. The summed E-state index contributed by atoms with van der Waals surface area (Å²) in [6.45, 7) is 0. The lowest BCUT2D eigenvalue weighted by molar-refractivity contribution is 0.0735. The summed E-state index contributed by atoms with van der Waals surface area (Å²) in [6.07, 6.45) is 1.54. The van der Waals surface area contributed by atoms with Gasteiger partial charge in [-0.15, -0.1) is 0 Å². The topological polar surface area (TPSA) is 65.2 Å². The molecular weight excluding hydrogens is 204 g/mol. The number of rotatable bonds is 2. The standard InChI is InChI=1S/C12H10N2O2/c13-11-10(7-4-8-14-11)16-12(15)9-5-2-1-3-6-9/h1-8H,(H2,13,14). The van der Waals surface area contributed by atoms with Crippen molar-refractivity contribution in [3.63, 3.8) is 0 Å². The van der Waals surface area contributed by atoms with E-state index in [-0.39, 0.29) is 11.6 Å². The second-order valence-corrected chi connectivity index (χ2v) is 3.14. The van der Waals surface area contributed by atoms with Gasteiger partial charge in [0, 0.05) is 6.20 Å². The predicted molar refractivity (Wildman–Crippen MR) is 60.0 cm³/mol. The number of carbonyl (C=O) groups excluding carboxylic acids is 1. The smallest absolute Gasteiger partial charge is 0.343 e. The van der Waals surface area contributed by atoms with Crippen molar-refractivity contribution in [2.24, 2.45) is 0 Å². The monoisotopic (exact) mass is 214 g/mol. The van der Waals surface area contributed by atoms with Crippen LogP contribution in [-0.2, 0) is 0 Å². The zero-order valence-corrected chi connectivity index (χ0v) is 8.46. The van der Waals surface area contributed by atoms with Crippen LogP contribution in [-0.4, -0.2) is 11.0 Å². The Morgan fingerprint density at radius 3 is 2.56 bits per heavy atom. The summed E-state index contributed by atoms with van der Waals surface area (Å²) in [4.78, 5) is 15.5. The molecule has 80 valence electrons. The Morgan fingerprint density at radius 1 is 1.12 bits per heavy atom. The Balaban J connectivity index is 2.18. The minimum Gasteiger partial charge on any atom is -0.419 e. The average molecular weight is 214 g/mol. The number of hydrogen-bond acceptors (Lipinski definition) is 4. The van der Waals surface area contributed by atoms with Gasteiger partial charge >= 0.3 is 5.97 Å². The summed E-state index contributed by atoms with van der Waals surface area (Å²) in [6, 6.07) is 12.0. The number of nitrogens with two attached hydrogens (primary N) is 1. The Labute approximate surface area is 92.7 Å². The van der Waals surface area contributed by atoms with E-state index in [1.54, 1.807) is 36.4 Å². The van der Waals surface area contributed by atoms with Crippen molar-refractivity contribution < 1.29 is 9.53 Å². The first kappa shape index (κ1) is 10.2. The molecule has 0 unspecified atom stereocenters. The molecule has 0 amide bonds. The quantitative estimate of drug-likeness (QED) is 0.775. The van der Waals surface area contributed by atoms with Crippen LogP contribution in [0.1, 0.15) is 10.4 Å². The zero-order valence-electron chi connectivity index (χ0n) is 8.46. The lowest BCUT2D eigenvalue weighted by atomic mass is 10.2. The van der Waals surface area contributed by atoms with Crippen LogP contribution in [0.3, 0.4) is 0 Å². The molecule has 0 fully saturated rings. The van der Waals surface area contributed by atoms with E-state index in [0.29, 0.717) is 5.56 Å². The van der Waals surface area contributed by atoms with E-state index in [1.807, 2.05) is 6.07 Å². The third kappa shape index (κ3) is 2.17. The number of hydrogen-bond donors (Lipinski definition) is 1. The third-order valence-electron chi connectivity index (χ3n) is 2.01. The first-order chi connectivity index (χ1) is 7.77. The lowest BCUT2D eigenvalue weighted by Crippen LogP contribution is -2.09. The van der Waals surface area contributed by atoms with Gasteiger partial charge in [-0.05, 0) is 24.3 Å². The fraction of sp³-hybridized carbons (Fsp3) is 0. The van der Waals surface area contributed by atoms with Crippen LogP contribution in [0.2, 0.25) is 0 Å². The third-order valence-corrected chi connectivity index (χ3v) is 2.01. The molecule has 0 saturated heterocycles. The predicted octanol–water partition coefficient (Wildman–Crippen LogP) is 1.88. The first-order valence-corrected chi connectivity index (χ1v) is 4.75. The van der Waals surface area contributed by atoms with E-state index in [2.05, 4.69) is 4.98 Å². The van der Waals surface area contributed by atoms with Gasteiger partial charge in [0.1, 0.15) is 0 Å². The molecule has 4 nitrogen and oxygen atoms in total. The number of anilines is 1. The van der Waals surface area contributed by atoms with E-state index >= 15 is 0 Å². The second kappa shape index (κ2) is 4.44. The second-order valence-electron chi connectivity index (χ2n) is 3.14. The van der Waals surface area contributed by atoms with Crippen LogP contribution < -0.4 is 10.5 Å². The summed E-state index contributed by atoms with van der Waals surface area (Å²) in [5.41, 5.74) is 6.04. The Morgan fingerprint density at radius 2 is 1.88 bits per heavy atom. The number of ether oxygens (including phenoxy) is 1. The highest BCUT2D eigenvalue weighted by atomic mass is 16.5. The summed E-state index contributed by atoms with van der Waals surface area (Å²) in [5, 5.41) is 0. The fourth-order valence-corrected chi connectivity index (χ4v) is 1.22. The molecule has 16 heavy (non-hydrogen) atoms. The Hall–Kier alpha value is -2.36. The van der Waals surface area contributed by atoms with Gasteiger partial charge in [0.05, 0.1) is 5.56 Å². The number of pyridine rings is 1. The molecule has 4 heteroatoms. The van der Waals surface area contributed by atoms with Crippen LogP contribution >= 0.6 is 0 Å². The fourth-order valence-electron chi connectivity index (χ4n) is 1.22. The van der Waals surface area contributed by atoms with Crippen LogP contribution in [0.5, 0.6) is 5.75 Å². The Bertz CT molecular complexity index is 497. The van der Waals surface area contributed by atoms with Gasteiger partial charge in [-0.3, -0.25) is 0 Å². The molecule has 2 N–H and O–H groups in total. The lowest BCUT2D eigenvalue weighted by Gasteiger charge is -2.05. The summed E-state index contributed by atoms with van der Waals surface area (Å²) >= 11 is 0. The maximum absolute atomic E-state index is 11.7. The molecule has 0 aliphatic heterocycles. The largest absolute Gasteiger partial charge is 0.419 e. The van der Waals surface area contributed by atoms with Crippen molar-refractivity contribution >= 4 is 11.8 Å². The van der Waals surface area contributed by atoms with Gasteiger partial charge in [-0.2, -0.15) is 0 Å². The van der Waals surface area contributed by atoms with Gasteiger partial charge in [-0.25, -0.2) is 9.78 Å². The van der Waals surface area contributed by atoms with Gasteiger partial charge in [0.15, 0.2) is 11.6 Å². The van der Waals surface area contributed by atoms with Crippen molar-refractivity contribution in [2.45, 2.75) is 0 Å². The maximum Gasteiger partial charge on any atom is 0.343 e. The van der Waals surface area contributed by atoms with Crippen LogP contribution in [0.4, 0.5) is 5.82 Å². The van der Waals surface area contributed by atoms with Crippen molar-refractivity contribution in [1.82, 2.24) is 4.98 Å². The molecule has 1 aromatic carbocycles. The number of nitrogen functional groups attached to an aromatic ring is 1. The Kier molecular flexibility index (Phi) is 2.82. The molecule has 1 aromatic heterocycles. The van der Waals surface area contributed by atoms with Crippen LogP contribution in [0.15, 0.2) is 48.7 Å². The van der Waals surface area contributed by atoms with E-state index in [4.69, 9.17) is 10.5 Å². The van der Waals surface area contributed by atoms with Crippen molar-refractivity contribution in [3.8, 4) is 5.75 Å². The molecular formula is C12H10N2O2.